The van der Waals surface area contributed by atoms with Crippen molar-refractivity contribution in [1.29, 1.82) is 0 Å². The molecule has 1 rings (SSSR count). The fraction of sp³-hybridized carbons (Fsp3) is 1.00. The molecule has 0 aromatic heterocycles. The zero-order valence-electron chi connectivity index (χ0n) is 12.1. The molecule has 0 amide bonds. The summed E-state index contributed by atoms with van der Waals surface area (Å²) in [6.45, 7) is 3.09. The molecule has 132 valence electrons. The predicted octanol–water partition coefficient (Wildman–Crippen LogP) is 2.09. The Balaban J connectivity index is 3.33. The molecule has 4 atom stereocenters. The summed E-state index contributed by atoms with van der Waals surface area (Å²) < 4.78 is 85.9. The first kappa shape index (κ1) is 21.1. The Morgan fingerprint density at radius 3 is 1.18 bits per heavy atom. The summed E-state index contributed by atoms with van der Waals surface area (Å²) >= 11 is 0. The summed E-state index contributed by atoms with van der Waals surface area (Å²) in [6, 6.07) is 0. The average molecular weight is 436 g/mol. The van der Waals surface area contributed by atoms with Crippen molar-refractivity contribution in [2.24, 2.45) is 0 Å². The van der Waals surface area contributed by atoms with Crippen LogP contribution in [0.4, 0.5) is 0 Å². The van der Waals surface area contributed by atoms with Gasteiger partial charge in [0.15, 0.2) is 19.5 Å². The standard InChI is InChI=1S/C4H16O12P4Si2/c1-9-17(5)11-18(6,10-2)13-20(8,16-22-4)14-19(7,12-17)15-21-3/h21-22H2,1-4H3. The molecule has 1 fully saturated rings. The van der Waals surface area contributed by atoms with Gasteiger partial charge in [-0.25, -0.2) is 18.3 Å². The van der Waals surface area contributed by atoms with Crippen LogP contribution < -0.4 is 0 Å². The molecule has 18 heteroatoms. The molecule has 0 radical (unpaired) electrons. The molecule has 0 aromatic rings. The van der Waals surface area contributed by atoms with Gasteiger partial charge < -0.3 is 8.43 Å². The lowest BCUT2D eigenvalue weighted by Gasteiger charge is -2.30. The second-order valence-electron chi connectivity index (χ2n) is 3.32. The predicted molar refractivity (Wildman–Crippen MR) is 79.8 cm³/mol. The second-order valence-corrected chi connectivity index (χ2v) is 13.5. The van der Waals surface area contributed by atoms with E-state index >= 15 is 0 Å². The van der Waals surface area contributed by atoms with E-state index in [9.17, 15) is 18.3 Å². The van der Waals surface area contributed by atoms with Gasteiger partial charge in [-0.05, 0) is 0 Å². The maximum atomic E-state index is 12.4. The van der Waals surface area contributed by atoms with Crippen LogP contribution in [-0.4, -0.2) is 33.7 Å². The van der Waals surface area contributed by atoms with Gasteiger partial charge in [-0.15, -0.1) is 0 Å². The first-order chi connectivity index (χ1) is 10.1. The van der Waals surface area contributed by atoms with Crippen molar-refractivity contribution in [3.8, 4) is 0 Å². The number of hydrogen-bond donors (Lipinski definition) is 0. The zero-order valence-corrected chi connectivity index (χ0v) is 18.5. The maximum Gasteiger partial charge on any atom is 0.492 e. The summed E-state index contributed by atoms with van der Waals surface area (Å²) in [7, 11) is -19.9. The molecule has 0 bridgehead atoms. The van der Waals surface area contributed by atoms with Crippen LogP contribution in [0.15, 0.2) is 0 Å². The fourth-order valence-electron chi connectivity index (χ4n) is 1.09. The molecule has 1 aliphatic heterocycles. The van der Waals surface area contributed by atoms with E-state index in [0.29, 0.717) is 0 Å². The summed E-state index contributed by atoms with van der Waals surface area (Å²) in [6.07, 6.45) is 0. The molecule has 0 N–H and O–H groups in total. The molecule has 0 spiro atoms. The average Bonchev–Trinajstić information content (AvgIpc) is 2.36. The minimum Gasteiger partial charge on any atom is -0.337 e. The second kappa shape index (κ2) is 7.94. The van der Waals surface area contributed by atoms with Gasteiger partial charge in [0.25, 0.3) is 0 Å². The van der Waals surface area contributed by atoms with Crippen molar-refractivity contribution in [2.75, 3.05) is 14.2 Å². The Bertz CT molecular complexity index is 529. The molecular weight excluding hydrogens is 420 g/mol. The van der Waals surface area contributed by atoms with Gasteiger partial charge in [-0.3, -0.25) is 9.05 Å². The highest BCUT2D eigenvalue weighted by molar-refractivity contribution is 7.76. The molecule has 1 heterocycles. The molecule has 12 nitrogen and oxygen atoms in total. The Morgan fingerprint density at radius 1 is 0.636 bits per heavy atom. The van der Waals surface area contributed by atoms with E-state index in [0.717, 1.165) is 14.2 Å². The molecule has 0 aromatic carbocycles. The van der Waals surface area contributed by atoms with E-state index in [1.54, 1.807) is 13.1 Å². The first-order valence-corrected chi connectivity index (χ1v) is 15.6. The smallest absolute Gasteiger partial charge is 0.337 e. The van der Waals surface area contributed by atoms with Gasteiger partial charge in [0.05, 0.1) is 0 Å². The van der Waals surface area contributed by atoms with Crippen molar-refractivity contribution < 1.29 is 53.0 Å². The SMILES string of the molecule is COP1(=O)OP(=O)(OC)OP(=O)(O[SiH2]C)OP(=O)(O[SiH2]C)O1. The summed E-state index contributed by atoms with van der Waals surface area (Å²) in [5.41, 5.74) is 0. The third-order valence-electron chi connectivity index (χ3n) is 1.82. The third-order valence-corrected chi connectivity index (χ3v) is 13.7. The molecule has 4 unspecified atom stereocenters. The van der Waals surface area contributed by atoms with E-state index < -0.39 is 50.8 Å². The Hall–Kier alpha value is 1.03. The fourth-order valence-corrected chi connectivity index (χ4v) is 12.6. The van der Waals surface area contributed by atoms with Crippen molar-refractivity contribution in [2.45, 2.75) is 13.1 Å². The van der Waals surface area contributed by atoms with Crippen LogP contribution in [-0.2, 0) is 53.0 Å². The largest absolute Gasteiger partial charge is 0.492 e. The van der Waals surface area contributed by atoms with E-state index in [1.165, 1.54) is 0 Å². The third kappa shape index (κ3) is 5.54. The van der Waals surface area contributed by atoms with E-state index in [1.807, 2.05) is 0 Å². The summed E-state index contributed by atoms with van der Waals surface area (Å²) in [5.74, 6) is 0. The molecule has 1 saturated heterocycles. The van der Waals surface area contributed by atoms with Crippen LogP contribution in [0.25, 0.3) is 0 Å². The van der Waals surface area contributed by atoms with E-state index in [2.05, 4.69) is 26.3 Å². The monoisotopic (exact) mass is 436 g/mol. The topological polar surface area (TPSA) is 142 Å². The maximum absolute atomic E-state index is 12.4. The number of rotatable bonds is 6. The van der Waals surface area contributed by atoms with E-state index in [-0.39, 0.29) is 0 Å². The minimum absolute atomic E-state index is 0.866. The lowest BCUT2D eigenvalue weighted by Crippen LogP contribution is -2.10. The van der Waals surface area contributed by atoms with Gasteiger partial charge >= 0.3 is 31.3 Å². The normalized spacial score (nSPS) is 44.5. The van der Waals surface area contributed by atoms with Crippen LogP contribution in [0.1, 0.15) is 0 Å². The van der Waals surface area contributed by atoms with Crippen molar-refractivity contribution >= 4 is 50.8 Å². The van der Waals surface area contributed by atoms with E-state index in [4.69, 9.17) is 8.43 Å². The number of phosphoric acid groups is 4. The van der Waals surface area contributed by atoms with Gasteiger partial charge in [-0.1, -0.05) is 13.1 Å². The van der Waals surface area contributed by atoms with Crippen molar-refractivity contribution in [3.05, 3.63) is 0 Å². The lowest BCUT2D eigenvalue weighted by molar-refractivity contribution is 0.151. The highest BCUT2D eigenvalue weighted by Crippen LogP contribution is 2.82. The lowest BCUT2D eigenvalue weighted by atomic mass is 11.8. The van der Waals surface area contributed by atoms with Crippen LogP contribution in [0.3, 0.4) is 0 Å². The zero-order chi connectivity index (χ0) is 17.1. The summed E-state index contributed by atoms with van der Waals surface area (Å²) in [5, 5.41) is 0. The van der Waals surface area contributed by atoms with Gasteiger partial charge in [0, 0.05) is 14.2 Å². The van der Waals surface area contributed by atoms with Gasteiger partial charge in [0.2, 0.25) is 0 Å². The quantitative estimate of drug-likeness (QED) is 0.444. The summed E-state index contributed by atoms with van der Waals surface area (Å²) in [4.78, 5) is 0. The van der Waals surface area contributed by atoms with Gasteiger partial charge in [0.1, 0.15) is 0 Å². The van der Waals surface area contributed by atoms with Crippen LogP contribution >= 0.6 is 31.3 Å². The van der Waals surface area contributed by atoms with Gasteiger partial charge in [-0.2, -0.15) is 17.2 Å². The molecular formula is C4H16O12P4Si2. The van der Waals surface area contributed by atoms with Crippen LogP contribution in [0.2, 0.25) is 13.1 Å². The molecule has 22 heavy (non-hydrogen) atoms. The van der Waals surface area contributed by atoms with Crippen molar-refractivity contribution in [3.63, 3.8) is 0 Å². The van der Waals surface area contributed by atoms with Crippen LogP contribution in [0, 0.1) is 0 Å². The molecule has 1 aliphatic rings. The Labute approximate surface area is 131 Å². The van der Waals surface area contributed by atoms with Crippen molar-refractivity contribution in [1.82, 2.24) is 0 Å². The highest BCUT2D eigenvalue weighted by atomic mass is 31.3. The Morgan fingerprint density at radius 2 is 0.909 bits per heavy atom. The van der Waals surface area contributed by atoms with Crippen LogP contribution in [0.5, 0.6) is 0 Å². The number of hydrogen-bond acceptors (Lipinski definition) is 12. The Kier molecular flexibility index (Phi) is 7.61. The first-order valence-electron chi connectivity index (χ1n) is 5.73. The molecule has 0 saturated carbocycles. The minimum atomic E-state index is -4.70. The highest BCUT2D eigenvalue weighted by Gasteiger charge is 2.56. The molecule has 0 aliphatic carbocycles.